The Morgan fingerprint density at radius 2 is 1.68 bits per heavy atom. The number of rotatable bonds is 4. The zero-order chi connectivity index (χ0) is 19.7. The molecule has 0 unspecified atom stereocenters. The van der Waals surface area contributed by atoms with Gasteiger partial charge in [-0.3, -0.25) is 9.59 Å². The van der Waals surface area contributed by atoms with Gasteiger partial charge in [0, 0.05) is 23.1 Å². The average Bonchev–Trinajstić information content (AvgIpc) is 2.71. The van der Waals surface area contributed by atoms with Crippen molar-refractivity contribution in [2.45, 2.75) is 20.3 Å². The number of H-pyrrole nitrogens is 1. The molecular weight excluding hydrogens is 348 g/mol. The third kappa shape index (κ3) is 3.41. The third-order valence-electron chi connectivity index (χ3n) is 5.21. The van der Waals surface area contributed by atoms with Gasteiger partial charge in [0.1, 0.15) is 0 Å². The zero-order valence-electron chi connectivity index (χ0n) is 16.0. The van der Waals surface area contributed by atoms with Gasteiger partial charge in [-0.05, 0) is 60.4 Å². The van der Waals surface area contributed by atoms with Gasteiger partial charge in [-0.2, -0.15) is 0 Å². The van der Waals surface area contributed by atoms with Gasteiger partial charge in [-0.1, -0.05) is 42.5 Å². The number of hydrogen-bond acceptors (Lipinski definition) is 2. The molecule has 2 N–H and O–H groups in total. The van der Waals surface area contributed by atoms with Gasteiger partial charge in [0.05, 0.1) is 5.52 Å². The molecule has 28 heavy (non-hydrogen) atoms. The zero-order valence-corrected chi connectivity index (χ0v) is 16.0. The maximum absolute atomic E-state index is 12.5. The summed E-state index contributed by atoms with van der Waals surface area (Å²) in [6.45, 7) is 4.43. The smallest absolute Gasteiger partial charge is 0.251 e. The van der Waals surface area contributed by atoms with Crippen LogP contribution in [0.2, 0.25) is 0 Å². The Balaban J connectivity index is 1.50. The van der Waals surface area contributed by atoms with Gasteiger partial charge >= 0.3 is 0 Å². The first-order valence-electron chi connectivity index (χ1n) is 9.42. The van der Waals surface area contributed by atoms with Crippen molar-refractivity contribution < 1.29 is 4.79 Å². The predicted molar refractivity (Wildman–Crippen MR) is 114 cm³/mol. The minimum Gasteiger partial charge on any atom is -0.352 e. The van der Waals surface area contributed by atoms with Crippen LogP contribution >= 0.6 is 0 Å². The van der Waals surface area contributed by atoms with E-state index in [1.165, 1.54) is 0 Å². The van der Waals surface area contributed by atoms with Crippen molar-refractivity contribution in [1.82, 2.24) is 10.3 Å². The first kappa shape index (κ1) is 18.0. The normalized spacial score (nSPS) is 11.1. The number of aromatic nitrogens is 1. The van der Waals surface area contributed by atoms with Crippen LogP contribution in [0, 0.1) is 13.8 Å². The fraction of sp³-hybridized carbons (Fsp3) is 0.167. The Bertz CT molecular complexity index is 1250. The lowest BCUT2D eigenvalue weighted by Gasteiger charge is -2.09. The van der Waals surface area contributed by atoms with Gasteiger partial charge in [-0.15, -0.1) is 0 Å². The van der Waals surface area contributed by atoms with Crippen LogP contribution in [-0.2, 0) is 6.42 Å². The second-order valence-electron chi connectivity index (χ2n) is 7.18. The molecule has 0 fully saturated rings. The molecule has 1 heterocycles. The summed E-state index contributed by atoms with van der Waals surface area (Å²) in [5.41, 5.74) is 4.26. The molecule has 4 rings (SSSR count). The molecule has 0 bridgehead atoms. The highest BCUT2D eigenvalue weighted by Crippen LogP contribution is 2.20. The van der Waals surface area contributed by atoms with E-state index in [2.05, 4.69) is 16.4 Å². The Hall–Kier alpha value is -3.40. The van der Waals surface area contributed by atoms with Crippen LogP contribution in [0.5, 0.6) is 0 Å². The Kier molecular flexibility index (Phi) is 4.70. The number of pyridine rings is 1. The number of carbonyl (C=O) groups excluding carboxylic acids is 1. The van der Waals surface area contributed by atoms with Crippen LogP contribution < -0.4 is 10.9 Å². The number of nitrogens with one attached hydrogen (secondary N) is 2. The molecule has 140 valence electrons. The molecule has 4 aromatic rings. The fourth-order valence-corrected chi connectivity index (χ4v) is 3.55. The Labute approximate surface area is 163 Å². The Morgan fingerprint density at radius 1 is 0.929 bits per heavy atom. The second kappa shape index (κ2) is 7.31. The number of hydrogen-bond donors (Lipinski definition) is 2. The number of carbonyl (C=O) groups is 1. The molecule has 0 saturated carbocycles. The van der Waals surface area contributed by atoms with Crippen LogP contribution in [0.4, 0.5) is 0 Å². The van der Waals surface area contributed by atoms with Crippen molar-refractivity contribution in [2.75, 3.05) is 6.54 Å². The van der Waals surface area contributed by atoms with Crippen molar-refractivity contribution in [1.29, 1.82) is 0 Å². The summed E-state index contributed by atoms with van der Waals surface area (Å²) in [7, 11) is 0. The van der Waals surface area contributed by atoms with Gasteiger partial charge < -0.3 is 10.3 Å². The minimum absolute atomic E-state index is 0.0962. The SMILES string of the molecule is Cc1ccc(C)c2[nH]c(=O)c(CCNC(=O)c3ccc4ccccc4c3)cc12. The molecule has 4 nitrogen and oxygen atoms in total. The molecule has 1 aromatic heterocycles. The molecule has 4 heteroatoms. The lowest BCUT2D eigenvalue weighted by atomic mass is 10.0. The standard InChI is InChI=1S/C24H22N2O2/c1-15-7-8-16(2)22-21(15)14-20(24(28)26-22)11-12-25-23(27)19-10-9-17-5-3-4-6-18(17)13-19/h3-10,13-14H,11-12H2,1-2H3,(H,25,27)(H,26,28). The summed E-state index contributed by atoms with van der Waals surface area (Å²) >= 11 is 0. The molecular formula is C24H22N2O2. The molecule has 0 saturated heterocycles. The number of benzene rings is 3. The highest BCUT2D eigenvalue weighted by atomic mass is 16.1. The summed E-state index contributed by atoms with van der Waals surface area (Å²) in [5, 5.41) is 6.11. The molecule has 0 radical (unpaired) electrons. The quantitative estimate of drug-likeness (QED) is 0.563. The maximum Gasteiger partial charge on any atom is 0.251 e. The van der Waals surface area contributed by atoms with Crippen LogP contribution in [0.25, 0.3) is 21.7 Å². The maximum atomic E-state index is 12.5. The molecule has 1 amide bonds. The van der Waals surface area contributed by atoms with Crippen LogP contribution in [0.3, 0.4) is 0 Å². The van der Waals surface area contributed by atoms with E-state index < -0.39 is 0 Å². The van der Waals surface area contributed by atoms with Crippen LogP contribution in [0.1, 0.15) is 27.0 Å². The van der Waals surface area contributed by atoms with E-state index in [9.17, 15) is 9.59 Å². The first-order valence-corrected chi connectivity index (χ1v) is 9.42. The van der Waals surface area contributed by atoms with E-state index >= 15 is 0 Å². The lowest BCUT2D eigenvalue weighted by molar-refractivity contribution is 0.0954. The van der Waals surface area contributed by atoms with Crippen molar-refractivity contribution in [3.63, 3.8) is 0 Å². The summed E-state index contributed by atoms with van der Waals surface area (Å²) in [6, 6.07) is 19.6. The molecule has 0 aliphatic heterocycles. The Morgan fingerprint density at radius 3 is 2.50 bits per heavy atom. The van der Waals surface area contributed by atoms with Gasteiger partial charge in [0.2, 0.25) is 0 Å². The van der Waals surface area contributed by atoms with Gasteiger partial charge in [-0.25, -0.2) is 0 Å². The van der Waals surface area contributed by atoms with E-state index in [1.54, 1.807) is 0 Å². The minimum atomic E-state index is -0.130. The monoisotopic (exact) mass is 370 g/mol. The summed E-state index contributed by atoms with van der Waals surface area (Å²) in [5.74, 6) is -0.130. The van der Waals surface area contributed by atoms with Gasteiger partial charge in [0.15, 0.2) is 0 Å². The number of aryl methyl sites for hydroxylation is 2. The van der Waals surface area contributed by atoms with Crippen molar-refractivity contribution in [3.8, 4) is 0 Å². The number of amides is 1. The highest BCUT2D eigenvalue weighted by Gasteiger charge is 2.09. The topological polar surface area (TPSA) is 62.0 Å². The van der Waals surface area contributed by atoms with E-state index in [0.29, 0.717) is 24.1 Å². The molecule has 0 aliphatic rings. The first-order chi connectivity index (χ1) is 13.5. The predicted octanol–water partition coefficient (Wildman–Crippen LogP) is 4.27. The summed E-state index contributed by atoms with van der Waals surface area (Å²) in [4.78, 5) is 27.9. The average molecular weight is 370 g/mol. The molecule has 0 atom stereocenters. The van der Waals surface area contributed by atoms with Gasteiger partial charge in [0.25, 0.3) is 11.5 Å². The second-order valence-corrected chi connectivity index (χ2v) is 7.18. The largest absolute Gasteiger partial charge is 0.352 e. The molecule has 0 spiro atoms. The fourth-order valence-electron chi connectivity index (χ4n) is 3.55. The van der Waals surface area contributed by atoms with Crippen molar-refractivity contribution in [3.05, 3.63) is 93.3 Å². The highest BCUT2D eigenvalue weighted by molar-refractivity contribution is 5.98. The molecule has 3 aromatic carbocycles. The number of fused-ring (bicyclic) bond motifs is 2. The number of aromatic amines is 1. The lowest BCUT2D eigenvalue weighted by Crippen LogP contribution is -2.27. The van der Waals surface area contributed by atoms with E-state index in [1.807, 2.05) is 68.4 Å². The molecule has 0 aliphatic carbocycles. The van der Waals surface area contributed by atoms with Crippen LogP contribution in [0.15, 0.2) is 65.5 Å². The summed E-state index contributed by atoms with van der Waals surface area (Å²) < 4.78 is 0. The third-order valence-corrected chi connectivity index (χ3v) is 5.21. The van der Waals surface area contributed by atoms with E-state index in [4.69, 9.17) is 0 Å². The van der Waals surface area contributed by atoms with E-state index in [-0.39, 0.29) is 11.5 Å². The van der Waals surface area contributed by atoms with Crippen molar-refractivity contribution in [2.24, 2.45) is 0 Å². The van der Waals surface area contributed by atoms with Crippen LogP contribution in [-0.4, -0.2) is 17.4 Å². The van der Waals surface area contributed by atoms with Crippen molar-refractivity contribution >= 4 is 27.6 Å². The van der Waals surface area contributed by atoms with E-state index in [0.717, 1.165) is 32.8 Å². The summed E-state index contributed by atoms with van der Waals surface area (Å²) in [6.07, 6.45) is 0.484.